The molecule has 0 heterocycles. The molecule has 0 radical (unpaired) electrons. The van der Waals surface area contributed by atoms with Crippen LogP contribution >= 0.6 is 0 Å². The molecule has 0 bridgehead atoms. The van der Waals surface area contributed by atoms with Crippen molar-refractivity contribution in [1.82, 2.24) is 0 Å². The van der Waals surface area contributed by atoms with Crippen LogP contribution in [0.5, 0.6) is 0 Å². The Hall–Kier alpha value is -3.98. The molecule has 0 amide bonds. The highest BCUT2D eigenvalue weighted by Gasteiger charge is 2.51. The van der Waals surface area contributed by atoms with Gasteiger partial charge in [-0.2, -0.15) is 0 Å². The molecule has 2 aliphatic rings. The van der Waals surface area contributed by atoms with Gasteiger partial charge in [-0.3, -0.25) is 0 Å². The topological polar surface area (TPSA) is 40.5 Å². The summed E-state index contributed by atoms with van der Waals surface area (Å²) in [5.74, 6) is 0. The Balaban J connectivity index is 1.61. The number of hydrogen-bond acceptors (Lipinski definition) is 2. The fourth-order valence-electron chi connectivity index (χ4n) is 6.97. The average Bonchev–Trinajstić information content (AvgIpc) is 3.42. The molecule has 0 aromatic heterocycles. The molecule has 0 atom stereocenters. The van der Waals surface area contributed by atoms with Crippen LogP contribution in [0, 0.1) is 0 Å². The molecule has 7 rings (SSSR count). The molecule has 2 nitrogen and oxygen atoms in total. The smallest absolute Gasteiger partial charge is 0.0697 e. The van der Waals surface area contributed by atoms with Crippen LogP contribution in [0.1, 0.15) is 33.4 Å². The van der Waals surface area contributed by atoms with Gasteiger partial charge in [0.25, 0.3) is 0 Å². The molecule has 0 saturated heterocycles. The summed E-state index contributed by atoms with van der Waals surface area (Å²) in [5, 5.41) is 22.6. The maximum absolute atomic E-state index is 11.3. The summed E-state index contributed by atoms with van der Waals surface area (Å²) < 4.78 is 0. The second-order valence-electron chi connectivity index (χ2n) is 9.85. The lowest BCUT2D eigenvalue weighted by Crippen LogP contribution is -2.39. The number of aliphatic hydroxyl groups is 2. The monoisotopic (exact) mass is 466 g/mol. The molecule has 174 valence electrons. The first-order valence-corrected chi connectivity index (χ1v) is 12.5. The van der Waals surface area contributed by atoms with E-state index in [1.54, 1.807) is 0 Å². The second kappa shape index (κ2) is 7.76. The molecule has 5 aromatic carbocycles. The van der Waals surface area contributed by atoms with Crippen LogP contribution in [-0.2, 0) is 10.8 Å². The molecule has 0 aliphatic heterocycles. The highest BCUT2D eigenvalue weighted by Crippen LogP contribution is 2.58. The SMILES string of the molecule is OCC1(c2ccccc2C2(CO)c3ccccc3-c3ccccc32)c2ccccc2-c2ccccc21. The molecule has 0 spiro atoms. The fourth-order valence-corrected chi connectivity index (χ4v) is 6.97. The summed E-state index contributed by atoms with van der Waals surface area (Å²) in [5.41, 5.74) is 9.63. The number of benzene rings is 5. The van der Waals surface area contributed by atoms with E-state index in [1.807, 2.05) is 0 Å². The van der Waals surface area contributed by atoms with Crippen LogP contribution in [0.2, 0.25) is 0 Å². The number of hydrogen-bond donors (Lipinski definition) is 2. The summed E-state index contributed by atoms with van der Waals surface area (Å²) >= 11 is 0. The molecule has 2 heteroatoms. The minimum absolute atomic E-state index is 0.0666. The molecule has 5 aromatic rings. The first-order chi connectivity index (χ1) is 17.8. The zero-order valence-corrected chi connectivity index (χ0v) is 19.9. The van der Waals surface area contributed by atoms with Gasteiger partial charge < -0.3 is 10.2 Å². The Labute approximate surface area is 211 Å². The van der Waals surface area contributed by atoms with Crippen LogP contribution < -0.4 is 0 Å². The van der Waals surface area contributed by atoms with E-state index >= 15 is 0 Å². The summed E-state index contributed by atoms with van der Waals surface area (Å²) in [6, 6.07) is 42.0. The zero-order chi connectivity index (χ0) is 24.3. The largest absolute Gasteiger partial charge is 0.395 e. The van der Waals surface area contributed by atoms with Crippen molar-refractivity contribution in [1.29, 1.82) is 0 Å². The van der Waals surface area contributed by atoms with Crippen molar-refractivity contribution in [3.05, 3.63) is 155 Å². The maximum atomic E-state index is 11.3. The normalized spacial score (nSPS) is 15.6. The Morgan fingerprint density at radius 2 is 0.556 bits per heavy atom. The van der Waals surface area contributed by atoms with E-state index in [9.17, 15) is 10.2 Å². The second-order valence-corrected chi connectivity index (χ2v) is 9.85. The summed E-state index contributed by atoms with van der Waals surface area (Å²) in [6.07, 6.45) is 0. The first-order valence-electron chi connectivity index (χ1n) is 12.5. The number of rotatable bonds is 4. The number of fused-ring (bicyclic) bond motifs is 6. The standard InChI is InChI=1S/C34H26O2/c35-21-33(27-15-5-1-11-23(27)24-12-2-6-16-28(24)33)31-19-9-10-20-32(31)34(22-36)29-17-7-3-13-25(29)26-14-4-8-18-30(26)34/h1-20,35-36H,21-22H2. The molecule has 2 aliphatic carbocycles. The molecule has 0 fully saturated rings. The maximum Gasteiger partial charge on any atom is 0.0697 e. The Bertz CT molecular complexity index is 1420. The third-order valence-corrected chi connectivity index (χ3v) is 8.45. The van der Waals surface area contributed by atoms with Gasteiger partial charge in [-0.15, -0.1) is 0 Å². The molecular formula is C34H26O2. The summed E-state index contributed by atoms with van der Waals surface area (Å²) in [6.45, 7) is -0.133. The van der Waals surface area contributed by atoms with E-state index < -0.39 is 10.8 Å². The predicted molar refractivity (Wildman–Crippen MR) is 144 cm³/mol. The fraction of sp³-hybridized carbons (Fsp3) is 0.118. The Morgan fingerprint density at radius 1 is 0.333 bits per heavy atom. The van der Waals surface area contributed by atoms with Crippen molar-refractivity contribution in [3.63, 3.8) is 0 Å². The third kappa shape index (κ3) is 2.48. The minimum Gasteiger partial charge on any atom is -0.395 e. The van der Waals surface area contributed by atoms with Crippen molar-refractivity contribution in [2.75, 3.05) is 13.2 Å². The van der Waals surface area contributed by atoms with Crippen molar-refractivity contribution in [2.45, 2.75) is 10.8 Å². The minimum atomic E-state index is -0.738. The van der Waals surface area contributed by atoms with Crippen LogP contribution in [0.25, 0.3) is 22.3 Å². The predicted octanol–water partition coefficient (Wildman–Crippen LogP) is 6.30. The van der Waals surface area contributed by atoms with Gasteiger partial charge >= 0.3 is 0 Å². The van der Waals surface area contributed by atoms with Gasteiger partial charge in [-0.05, 0) is 55.6 Å². The zero-order valence-electron chi connectivity index (χ0n) is 19.9. The summed E-state index contributed by atoms with van der Waals surface area (Å²) in [4.78, 5) is 0. The number of aliphatic hydroxyl groups excluding tert-OH is 2. The lowest BCUT2D eigenvalue weighted by Gasteiger charge is -2.39. The van der Waals surface area contributed by atoms with Gasteiger partial charge in [0.1, 0.15) is 0 Å². The van der Waals surface area contributed by atoms with Gasteiger partial charge in [0, 0.05) is 0 Å². The van der Waals surface area contributed by atoms with E-state index in [2.05, 4.69) is 121 Å². The molecular weight excluding hydrogens is 440 g/mol. The van der Waals surface area contributed by atoms with Crippen molar-refractivity contribution >= 4 is 0 Å². The molecule has 2 N–H and O–H groups in total. The van der Waals surface area contributed by atoms with E-state index in [4.69, 9.17) is 0 Å². The summed E-state index contributed by atoms with van der Waals surface area (Å²) in [7, 11) is 0. The lowest BCUT2D eigenvalue weighted by molar-refractivity contribution is 0.232. The highest BCUT2D eigenvalue weighted by molar-refractivity contribution is 5.87. The first kappa shape index (κ1) is 21.3. The highest BCUT2D eigenvalue weighted by atomic mass is 16.3. The van der Waals surface area contributed by atoms with E-state index in [0.717, 1.165) is 55.6 Å². The molecule has 36 heavy (non-hydrogen) atoms. The van der Waals surface area contributed by atoms with E-state index in [1.165, 1.54) is 0 Å². The third-order valence-electron chi connectivity index (χ3n) is 8.45. The van der Waals surface area contributed by atoms with Gasteiger partial charge in [-0.1, -0.05) is 121 Å². The average molecular weight is 467 g/mol. The van der Waals surface area contributed by atoms with E-state index in [-0.39, 0.29) is 13.2 Å². The van der Waals surface area contributed by atoms with Crippen molar-refractivity contribution < 1.29 is 10.2 Å². The van der Waals surface area contributed by atoms with Crippen LogP contribution in [0.15, 0.2) is 121 Å². The quantitative estimate of drug-likeness (QED) is 0.326. The van der Waals surface area contributed by atoms with Crippen molar-refractivity contribution in [3.8, 4) is 22.3 Å². The van der Waals surface area contributed by atoms with Gasteiger partial charge in [-0.25, -0.2) is 0 Å². The molecule has 0 saturated carbocycles. The van der Waals surface area contributed by atoms with E-state index in [0.29, 0.717) is 0 Å². The van der Waals surface area contributed by atoms with Gasteiger partial charge in [0.15, 0.2) is 0 Å². The van der Waals surface area contributed by atoms with Crippen LogP contribution in [-0.4, -0.2) is 23.4 Å². The Morgan fingerprint density at radius 3 is 0.806 bits per heavy atom. The Kier molecular flexibility index (Phi) is 4.59. The van der Waals surface area contributed by atoms with Gasteiger partial charge in [0.2, 0.25) is 0 Å². The van der Waals surface area contributed by atoms with Crippen LogP contribution in [0.4, 0.5) is 0 Å². The lowest BCUT2D eigenvalue weighted by atomic mass is 9.64. The van der Waals surface area contributed by atoms with Crippen molar-refractivity contribution in [2.24, 2.45) is 0 Å². The molecule has 0 unspecified atom stereocenters. The van der Waals surface area contributed by atoms with Crippen LogP contribution in [0.3, 0.4) is 0 Å². The van der Waals surface area contributed by atoms with Gasteiger partial charge in [0.05, 0.1) is 24.0 Å².